The van der Waals surface area contributed by atoms with Crippen LogP contribution >= 0.6 is 0 Å². The fraction of sp³-hybridized carbons (Fsp3) is 0. The fourth-order valence-corrected chi connectivity index (χ4v) is 7.48. The van der Waals surface area contributed by atoms with Crippen LogP contribution in [-0.2, 0) is 0 Å². The molecule has 0 atom stereocenters. The van der Waals surface area contributed by atoms with Gasteiger partial charge >= 0.3 is 0 Å². The summed E-state index contributed by atoms with van der Waals surface area (Å²) in [6.45, 7) is 16.3. The molecule has 0 radical (unpaired) electrons. The van der Waals surface area contributed by atoms with Crippen molar-refractivity contribution in [3.05, 3.63) is 180 Å². The van der Waals surface area contributed by atoms with Gasteiger partial charge in [-0.15, -0.1) is 0 Å². The van der Waals surface area contributed by atoms with Crippen molar-refractivity contribution < 1.29 is 0 Å². The maximum atomic E-state index is 9.57. The van der Waals surface area contributed by atoms with Gasteiger partial charge in [0.1, 0.15) is 0 Å². The zero-order valence-corrected chi connectivity index (χ0v) is 26.7. The number of benzene rings is 7. The van der Waals surface area contributed by atoms with E-state index in [1.807, 2.05) is 78.9 Å². The van der Waals surface area contributed by atoms with Crippen molar-refractivity contribution in [1.82, 2.24) is 9.13 Å². The molecule has 9 aromatic rings. The highest BCUT2D eigenvalue weighted by Gasteiger charge is 2.22. The Kier molecular flexibility index (Phi) is 6.56. The highest BCUT2D eigenvalue weighted by Crippen LogP contribution is 2.45. The highest BCUT2D eigenvalue weighted by molar-refractivity contribution is 6.14. The van der Waals surface area contributed by atoms with E-state index in [2.05, 4.69) is 97.7 Å². The number of nitriles is 1. The van der Waals surface area contributed by atoms with Crippen molar-refractivity contribution in [2.45, 2.75) is 0 Å². The fourth-order valence-electron chi connectivity index (χ4n) is 7.48. The van der Waals surface area contributed by atoms with Crippen LogP contribution in [0.25, 0.3) is 86.9 Å². The SMILES string of the molecule is [C-]#[N+]c1cccc(-c2ccccc2-c2ccc(-n3c4ccccc4c4cc(C#N)ccc43)cc2)c1-n1c2ccccc2c2cccc([N+]#[C-])c21. The van der Waals surface area contributed by atoms with E-state index in [1.165, 1.54) is 0 Å². The van der Waals surface area contributed by atoms with Crippen molar-refractivity contribution >= 4 is 55.0 Å². The van der Waals surface area contributed by atoms with Gasteiger partial charge in [-0.25, -0.2) is 9.69 Å². The number of hydrogen-bond acceptors (Lipinski definition) is 1. The largest absolute Gasteiger partial charge is 0.328 e. The summed E-state index contributed by atoms with van der Waals surface area (Å²) < 4.78 is 4.36. The minimum atomic E-state index is 0.515. The summed E-state index contributed by atoms with van der Waals surface area (Å²) in [5.41, 5.74) is 11.3. The third-order valence-corrected chi connectivity index (χ3v) is 9.61. The number of fused-ring (bicyclic) bond motifs is 6. The van der Waals surface area contributed by atoms with E-state index in [0.717, 1.165) is 77.2 Å². The minimum absolute atomic E-state index is 0.515. The molecule has 0 aliphatic rings. The van der Waals surface area contributed by atoms with Crippen LogP contribution in [0.15, 0.2) is 152 Å². The van der Waals surface area contributed by atoms with E-state index < -0.39 is 0 Å². The minimum Gasteiger partial charge on any atom is -0.328 e. The van der Waals surface area contributed by atoms with Crippen LogP contribution < -0.4 is 0 Å². The average Bonchev–Trinajstić information content (AvgIpc) is 3.70. The molecule has 9 rings (SSSR count). The molecule has 50 heavy (non-hydrogen) atoms. The lowest BCUT2D eigenvalue weighted by Gasteiger charge is -2.19. The van der Waals surface area contributed by atoms with Gasteiger partial charge in [0.05, 0.1) is 52.5 Å². The van der Waals surface area contributed by atoms with Crippen LogP contribution in [0.3, 0.4) is 0 Å². The van der Waals surface area contributed by atoms with E-state index in [1.54, 1.807) is 0 Å². The first-order valence-corrected chi connectivity index (χ1v) is 16.2. The Labute approximate surface area is 288 Å². The van der Waals surface area contributed by atoms with Crippen LogP contribution in [0, 0.1) is 24.5 Å². The second kappa shape index (κ2) is 11.4. The summed E-state index contributed by atoms with van der Waals surface area (Å²) in [6, 6.07) is 53.2. The monoisotopic (exact) mass is 635 g/mol. The number of nitrogens with zero attached hydrogens (tertiary/aromatic N) is 5. The quantitative estimate of drug-likeness (QED) is 0.177. The topological polar surface area (TPSA) is 42.4 Å². The Morgan fingerprint density at radius 3 is 1.80 bits per heavy atom. The Balaban J connectivity index is 1.25. The van der Waals surface area contributed by atoms with Gasteiger partial charge in [0.15, 0.2) is 0 Å². The average molecular weight is 636 g/mol. The molecule has 230 valence electrons. The Bertz CT molecular complexity index is 2960. The molecule has 2 aromatic heterocycles. The van der Waals surface area contributed by atoms with Gasteiger partial charge < -0.3 is 9.13 Å². The van der Waals surface area contributed by atoms with Crippen LogP contribution in [0.4, 0.5) is 11.4 Å². The van der Waals surface area contributed by atoms with Crippen LogP contribution in [0.2, 0.25) is 0 Å². The van der Waals surface area contributed by atoms with Gasteiger partial charge in [-0.1, -0.05) is 109 Å². The predicted octanol–water partition coefficient (Wildman–Crippen LogP) is 12.2. The van der Waals surface area contributed by atoms with Crippen LogP contribution in [0.5, 0.6) is 0 Å². The maximum absolute atomic E-state index is 9.57. The highest BCUT2D eigenvalue weighted by atomic mass is 15.0. The lowest BCUT2D eigenvalue weighted by Crippen LogP contribution is -1.99. The molecule has 0 amide bonds. The predicted molar refractivity (Wildman–Crippen MR) is 203 cm³/mol. The van der Waals surface area contributed by atoms with Crippen molar-refractivity contribution in [2.24, 2.45) is 0 Å². The second-order valence-corrected chi connectivity index (χ2v) is 12.2. The van der Waals surface area contributed by atoms with Crippen molar-refractivity contribution in [3.8, 4) is 39.7 Å². The summed E-state index contributed by atoms with van der Waals surface area (Å²) in [4.78, 5) is 7.93. The van der Waals surface area contributed by atoms with E-state index in [0.29, 0.717) is 16.9 Å². The van der Waals surface area contributed by atoms with Crippen molar-refractivity contribution in [1.29, 1.82) is 5.26 Å². The number of aromatic nitrogens is 2. The molecule has 0 spiro atoms. The molecule has 7 aromatic carbocycles. The van der Waals surface area contributed by atoms with Gasteiger partial charge in [-0.3, -0.25) is 0 Å². The smallest absolute Gasteiger partial charge is 0.211 e. The van der Waals surface area contributed by atoms with Gasteiger partial charge in [0, 0.05) is 21.8 Å². The third-order valence-electron chi connectivity index (χ3n) is 9.61. The van der Waals surface area contributed by atoms with Crippen molar-refractivity contribution in [2.75, 3.05) is 0 Å². The molecule has 0 saturated heterocycles. The van der Waals surface area contributed by atoms with E-state index in [9.17, 15) is 5.26 Å². The molecule has 5 nitrogen and oxygen atoms in total. The Morgan fingerprint density at radius 1 is 0.480 bits per heavy atom. The molecule has 2 heterocycles. The lowest BCUT2D eigenvalue weighted by atomic mass is 9.93. The van der Waals surface area contributed by atoms with Gasteiger partial charge in [-0.05, 0) is 70.1 Å². The lowest BCUT2D eigenvalue weighted by molar-refractivity contribution is 1.18. The molecule has 0 bridgehead atoms. The van der Waals surface area contributed by atoms with Gasteiger partial charge in [0.2, 0.25) is 11.4 Å². The molecule has 5 heteroatoms. The summed E-state index contributed by atoms with van der Waals surface area (Å²) in [5.74, 6) is 0. The van der Waals surface area contributed by atoms with E-state index in [-0.39, 0.29) is 0 Å². The first kappa shape index (κ1) is 28.8. The summed E-state index contributed by atoms with van der Waals surface area (Å²) in [5, 5.41) is 13.7. The molecule has 0 N–H and O–H groups in total. The zero-order valence-electron chi connectivity index (χ0n) is 26.7. The number of rotatable bonds is 4. The van der Waals surface area contributed by atoms with Crippen molar-refractivity contribution in [3.63, 3.8) is 0 Å². The van der Waals surface area contributed by atoms with E-state index >= 15 is 0 Å². The Morgan fingerprint density at radius 2 is 1.06 bits per heavy atom. The molecule has 0 aliphatic heterocycles. The van der Waals surface area contributed by atoms with Crippen LogP contribution in [0.1, 0.15) is 5.56 Å². The normalized spacial score (nSPS) is 11.1. The molecule has 0 unspecified atom stereocenters. The maximum Gasteiger partial charge on any atom is 0.211 e. The first-order chi connectivity index (χ1) is 24.7. The standard InChI is InChI=1S/C45H25N5/c1-47-39-17-9-15-36(44(39)50-42-20-8-5-13-34(42)37-16-10-18-40(48-2)45(37)50)33-12-4-3-11-32(33)30-22-24-31(25-23-30)49-41-19-7-6-14-35(41)38-27-29(28-46)21-26-43(38)49/h3-27H. The number of para-hydroxylation sites is 4. The van der Waals surface area contributed by atoms with Gasteiger partial charge in [-0.2, -0.15) is 5.26 Å². The third kappa shape index (κ3) is 4.24. The summed E-state index contributed by atoms with van der Waals surface area (Å²) in [6.07, 6.45) is 0. The number of hydrogen-bond donors (Lipinski definition) is 0. The molecule has 0 fully saturated rings. The molecular weight excluding hydrogens is 611 g/mol. The summed E-state index contributed by atoms with van der Waals surface area (Å²) >= 11 is 0. The Hall–Kier alpha value is -7.39. The molecule has 0 aliphatic carbocycles. The second-order valence-electron chi connectivity index (χ2n) is 12.2. The van der Waals surface area contributed by atoms with E-state index in [4.69, 9.17) is 13.1 Å². The van der Waals surface area contributed by atoms with Gasteiger partial charge in [0.25, 0.3) is 0 Å². The zero-order chi connectivity index (χ0) is 33.8. The first-order valence-electron chi connectivity index (χ1n) is 16.2. The molecular formula is C45H25N5. The van der Waals surface area contributed by atoms with Crippen LogP contribution in [-0.4, -0.2) is 9.13 Å². The summed E-state index contributed by atoms with van der Waals surface area (Å²) in [7, 11) is 0. The molecule has 0 saturated carbocycles.